The highest BCUT2D eigenvalue weighted by Gasteiger charge is 2.19. The van der Waals surface area contributed by atoms with Gasteiger partial charge < -0.3 is 10.6 Å². The van der Waals surface area contributed by atoms with Gasteiger partial charge in [-0.05, 0) is 47.0 Å². The standard InChI is InChI=1S/C14H19BrN2O2/c1-3-4-7-17(9-13(16)18)14(19)11-6-5-10(2)8-12(11)15/h5-6,8H,3-4,7,9H2,1-2H3,(H2,16,18). The maximum Gasteiger partial charge on any atom is 0.255 e. The summed E-state index contributed by atoms with van der Waals surface area (Å²) in [6, 6.07) is 5.53. The molecule has 0 fully saturated rings. The zero-order valence-corrected chi connectivity index (χ0v) is 12.9. The third kappa shape index (κ3) is 4.67. The number of carbonyl (C=O) groups is 2. The van der Waals surface area contributed by atoms with Crippen molar-refractivity contribution in [2.45, 2.75) is 26.7 Å². The summed E-state index contributed by atoms with van der Waals surface area (Å²) in [4.78, 5) is 25.0. The van der Waals surface area contributed by atoms with Gasteiger partial charge in [-0.2, -0.15) is 0 Å². The Morgan fingerprint density at radius 1 is 1.37 bits per heavy atom. The van der Waals surface area contributed by atoms with Gasteiger partial charge >= 0.3 is 0 Å². The van der Waals surface area contributed by atoms with Crippen LogP contribution in [-0.4, -0.2) is 29.8 Å². The quantitative estimate of drug-likeness (QED) is 0.872. The number of nitrogens with two attached hydrogens (primary N) is 1. The summed E-state index contributed by atoms with van der Waals surface area (Å²) in [5, 5.41) is 0. The van der Waals surface area contributed by atoms with E-state index in [-0.39, 0.29) is 12.5 Å². The average Bonchev–Trinajstić information content (AvgIpc) is 2.33. The van der Waals surface area contributed by atoms with E-state index in [1.807, 2.05) is 26.0 Å². The monoisotopic (exact) mass is 326 g/mol. The maximum absolute atomic E-state index is 12.4. The molecule has 2 N–H and O–H groups in total. The number of unbranched alkanes of at least 4 members (excludes halogenated alkanes) is 1. The van der Waals surface area contributed by atoms with Crippen LogP contribution >= 0.6 is 15.9 Å². The molecule has 0 bridgehead atoms. The van der Waals surface area contributed by atoms with E-state index in [0.717, 1.165) is 22.9 Å². The van der Waals surface area contributed by atoms with Gasteiger partial charge in [0.05, 0.1) is 12.1 Å². The van der Waals surface area contributed by atoms with Gasteiger partial charge in [0.1, 0.15) is 0 Å². The minimum atomic E-state index is -0.493. The molecule has 0 saturated heterocycles. The molecule has 4 nitrogen and oxygen atoms in total. The lowest BCUT2D eigenvalue weighted by atomic mass is 10.1. The van der Waals surface area contributed by atoms with Crippen molar-refractivity contribution in [2.75, 3.05) is 13.1 Å². The number of carbonyl (C=O) groups excluding carboxylic acids is 2. The second-order valence-corrected chi connectivity index (χ2v) is 5.38. The van der Waals surface area contributed by atoms with Crippen molar-refractivity contribution >= 4 is 27.7 Å². The first-order valence-electron chi connectivity index (χ1n) is 6.29. The molecule has 104 valence electrons. The SMILES string of the molecule is CCCCN(CC(N)=O)C(=O)c1ccc(C)cc1Br. The van der Waals surface area contributed by atoms with Crippen molar-refractivity contribution in [3.05, 3.63) is 33.8 Å². The largest absolute Gasteiger partial charge is 0.368 e. The number of primary amides is 1. The molecule has 0 saturated carbocycles. The van der Waals surface area contributed by atoms with Gasteiger partial charge in [-0.3, -0.25) is 9.59 Å². The van der Waals surface area contributed by atoms with Crippen LogP contribution in [-0.2, 0) is 4.79 Å². The number of halogens is 1. The molecule has 0 unspecified atom stereocenters. The maximum atomic E-state index is 12.4. The Hall–Kier alpha value is -1.36. The fourth-order valence-corrected chi connectivity index (χ4v) is 2.42. The second-order valence-electron chi connectivity index (χ2n) is 4.53. The van der Waals surface area contributed by atoms with E-state index < -0.39 is 5.91 Å². The van der Waals surface area contributed by atoms with Gasteiger partial charge in [0.2, 0.25) is 5.91 Å². The second kappa shape index (κ2) is 7.28. The molecule has 1 aromatic carbocycles. The van der Waals surface area contributed by atoms with Crippen molar-refractivity contribution in [1.29, 1.82) is 0 Å². The minimum Gasteiger partial charge on any atom is -0.368 e. The van der Waals surface area contributed by atoms with Gasteiger partial charge in [0.25, 0.3) is 5.91 Å². The number of rotatable bonds is 6. The Labute approximate surface area is 122 Å². The highest BCUT2D eigenvalue weighted by atomic mass is 79.9. The molecule has 0 aliphatic rings. The molecule has 19 heavy (non-hydrogen) atoms. The van der Waals surface area contributed by atoms with Gasteiger partial charge in [0.15, 0.2) is 0 Å². The van der Waals surface area contributed by atoms with E-state index >= 15 is 0 Å². The number of hydrogen-bond donors (Lipinski definition) is 1. The van der Waals surface area contributed by atoms with Crippen LogP contribution in [0.2, 0.25) is 0 Å². The third-order valence-corrected chi connectivity index (χ3v) is 3.43. The Bertz CT molecular complexity index is 475. The number of aryl methyl sites for hydroxylation is 1. The molecule has 1 aromatic rings. The summed E-state index contributed by atoms with van der Waals surface area (Å²) in [5.41, 5.74) is 6.82. The van der Waals surface area contributed by atoms with Crippen molar-refractivity contribution in [3.63, 3.8) is 0 Å². The predicted octanol–water partition coefficient (Wildman–Crippen LogP) is 2.49. The van der Waals surface area contributed by atoms with Crippen molar-refractivity contribution in [1.82, 2.24) is 4.90 Å². The Morgan fingerprint density at radius 2 is 2.05 bits per heavy atom. The van der Waals surface area contributed by atoms with Crippen LogP contribution < -0.4 is 5.73 Å². The summed E-state index contributed by atoms with van der Waals surface area (Å²) >= 11 is 3.39. The molecule has 0 radical (unpaired) electrons. The lowest BCUT2D eigenvalue weighted by Crippen LogP contribution is -2.39. The van der Waals surface area contributed by atoms with Crippen LogP contribution in [0.15, 0.2) is 22.7 Å². The van der Waals surface area contributed by atoms with E-state index in [1.54, 1.807) is 6.07 Å². The molecule has 0 aliphatic heterocycles. The number of nitrogens with zero attached hydrogens (tertiary/aromatic N) is 1. The smallest absolute Gasteiger partial charge is 0.255 e. The van der Waals surface area contributed by atoms with Crippen LogP contribution in [0.1, 0.15) is 35.7 Å². The first-order valence-corrected chi connectivity index (χ1v) is 7.08. The van der Waals surface area contributed by atoms with E-state index in [1.165, 1.54) is 4.90 Å². The number of benzene rings is 1. The Kier molecular flexibility index (Phi) is 6.02. The number of amides is 2. The molecular weight excluding hydrogens is 308 g/mol. The van der Waals surface area contributed by atoms with E-state index in [9.17, 15) is 9.59 Å². The highest BCUT2D eigenvalue weighted by Crippen LogP contribution is 2.20. The molecule has 0 aromatic heterocycles. The van der Waals surface area contributed by atoms with E-state index in [2.05, 4.69) is 15.9 Å². The zero-order chi connectivity index (χ0) is 14.4. The first-order chi connectivity index (χ1) is 8.95. The van der Waals surface area contributed by atoms with Gasteiger partial charge in [-0.25, -0.2) is 0 Å². The Morgan fingerprint density at radius 3 is 2.58 bits per heavy atom. The van der Waals surface area contributed by atoms with Crippen molar-refractivity contribution in [2.24, 2.45) is 5.73 Å². The summed E-state index contributed by atoms with van der Waals surface area (Å²) in [7, 11) is 0. The van der Waals surface area contributed by atoms with Gasteiger partial charge in [-0.15, -0.1) is 0 Å². The topological polar surface area (TPSA) is 63.4 Å². The number of hydrogen-bond acceptors (Lipinski definition) is 2. The van der Waals surface area contributed by atoms with Crippen LogP contribution in [0, 0.1) is 6.92 Å². The first kappa shape index (κ1) is 15.7. The molecular formula is C14H19BrN2O2. The lowest BCUT2D eigenvalue weighted by molar-refractivity contribution is -0.118. The molecule has 0 atom stereocenters. The fraction of sp³-hybridized carbons (Fsp3) is 0.429. The molecule has 1 rings (SSSR count). The summed E-state index contributed by atoms with van der Waals surface area (Å²) in [6.45, 7) is 4.49. The molecule has 0 aliphatic carbocycles. The third-order valence-electron chi connectivity index (χ3n) is 2.77. The van der Waals surface area contributed by atoms with Crippen LogP contribution in [0.3, 0.4) is 0 Å². The summed E-state index contributed by atoms with van der Waals surface area (Å²) < 4.78 is 0.739. The fourth-order valence-electron chi connectivity index (χ4n) is 1.75. The zero-order valence-electron chi connectivity index (χ0n) is 11.3. The average molecular weight is 327 g/mol. The van der Waals surface area contributed by atoms with Gasteiger partial charge in [-0.1, -0.05) is 19.4 Å². The van der Waals surface area contributed by atoms with Crippen LogP contribution in [0.4, 0.5) is 0 Å². The minimum absolute atomic E-state index is 0.0425. The van der Waals surface area contributed by atoms with Crippen LogP contribution in [0.25, 0.3) is 0 Å². The van der Waals surface area contributed by atoms with Gasteiger partial charge in [0, 0.05) is 11.0 Å². The highest BCUT2D eigenvalue weighted by molar-refractivity contribution is 9.10. The molecule has 0 spiro atoms. The Balaban J connectivity index is 2.93. The van der Waals surface area contributed by atoms with E-state index in [4.69, 9.17) is 5.73 Å². The molecule has 2 amide bonds. The summed E-state index contributed by atoms with van der Waals surface area (Å²) in [5.74, 6) is -0.660. The predicted molar refractivity (Wildman–Crippen MR) is 78.9 cm³/mol. The summed E-state index contributed by atoms with van der Waals surface area (Å²) in [6.07, 6.45) is 1.81. The lowest BCUT2D eigenvalue weighted by Gasteiger charge is -2.21. The normalized spacial score (nSPS) is 10.3. The molecule has 5 heteroatoms. The van der Waals surface area contributed by atoms with E-state index in [0.29, 0.717) is 12.1 Å². The van der Waals surface area contributed by atoms with Crippen LogP contribution in [0.5, 0.6) is 0 Å². The molecule has 0 heterocycles. The van der Waals surface area contributed by atoms with Crippen molar-refractivity contribution in [3.8, 4) is 0 Å². The van der Waals surface area contributed by atoms with Crippen molar-refractivity contribution < 1.29 is 9.59 Å².